The number of nitrogens with zero attached hydrogens (tertiary/aromatic N) is 2. The van der Waals surface area contributed by atoms with Gasteiger partial charge in [-0.15, -0.1) is 0 Å². The zero-order valence-corrected chi connectivity index (χ0v) is 15.4. The van der Waals surface area contributed by atoms with E-state index in [1.165, 1.54) is 11.0 Å². The van der Waals surface area contributed by atoms with Crippen LogP contribution in [-0.2, 0) is 16.1 Å². The van der Waals surface area contributed by atoms with Crippen LogP contribution in [0.1, 0.15) is 16.1 Å². The molecule has 0 radical (unpaired) electrons. The lowest BCUT2D eigenvalue weighted by Crippen LogP contribution is -2.30. The first kappa shape index (κ1) is 18.1. The van der Waals surface area contributed by atoms with Crippen LogP contribution in [0.3, 0.4) is 0 Å². The monoisotopic (exact) mass is 394 g/mol. The van der Waals surface area contributed by atoms with Crippen molar-refractivity contribution in [1.29, 1.82) is 0 Å². The summed E-state index contributed by atoms with van der Waals surface area (Å²) in [6, 6.07) is 11.0. The minimum atomic E-state index is -0.669. The Balaban J connectivity index is 1.84. The van der Waals surface area contributed by atoms with Gasteiger partial charge >= 0.3 is 5.97 Å². The lowest BCUT2D eigenvalue weighted by molar-refractivity contribution is -0.133. The van der Waals surface area contributed by atoms with Gasteiger partial charge in [-0.1, -0.05) is 12.1 Å². The number of anilines is 1. The van der Waals surface area contributed by atoms with Gasteiger partial charge in [0.15, 0.2) is 11.3 Å². The van der Waals surface area contributed by atoms with Crippen LogP contribution in [0.2, 0.25) is 0 Å². The predicted octanol–water partition coefficient (Wildman–Crippen LogP) is 2.92. The second-order valence-electron chi connectivity index (χ2n) is 5.49. The number of esters is 1. The molecule has 6 nitrogen and oxygen atoms in total. The highest BCUT2D eigenvalue weighted by molar-refractivity contribution is 9.10. The molecule has 0 bridgehead atoms. The number of likely N-dealkylation sites (N-methyl/N-ethyl adjacent to an activating group) is 1. The zero-order valence-electron chi connectivity index (χ0n) is 13.8. The van der Waals surface area contributed by atoms with E-state index in [9.17, 15) is 9.59 Å². The van der Waals surface area contributed by atoms with Crippen LogP contribution in [-0.4, -0.2) is 44.5 Å². The highest BCUT2D eigenvalue weighted by Crippen LogP contribution is 2.15. The fourth-order valence-electron chi connectivity index (χ4n) is 1.99. The highest BCUT2D eigenvalue weighted by Gasteiger charge is 2.16. The first-order chi connectivity index (χ1) is 11.4. The normalized spacial score (nSPS) is 10.3. The van der Waals surface area contributed by atoms with Crippen molar-refractivity contribution in [2.75, 3.05) is 32.6 Å². The summed E-state index contributed by atoms with van der Waals surface area (Å²) in [6.07, 6.45) is 0. The molecule has 2 aromatic rings. The third kappa shape index (κ3) is 4.86. The predicted molar refractivity (Wildman–Crippen MR) is 93.9 cm³/mol. The highest BCUT2D eigenvalue weighted by atomic mass is 79.9. The van der Waals surface area contributed by atoms with Crippen LogP contribution >= 0.6 is 15.9 Å². The number of hydrogen-bond acceptors (Lipinski definition) is 5. The molecule has 0 atom stereocenters. The van der Waals surface area contributed by atoms with Crippen LogP contribution in [0, 0.1) is 0 Å². The number of rotatable bonds is 6. The van der Waals surface area contributed by atoms with Crippen molar-refractivity contribution in [1.82, 2.24) is 4.90 Å². The maximum absolute atomic E-state index is 12.1. The molecule has 1 amide bonds. The molecule has 0 aliphatic rings. The fourth-order valence-corrected chi connectivity index (χ4v) is 2.30. The van der Waals surface area contributed by atoms with Crippen LogP contribution < -0.4 is 4.90 Å². The van der Waals surface area contributed by atoms with Crippen molar-refractivity contribution in [3.63, 3.8) is 0 Å². The Bertz CT molecular complexity index is 710. The van der Waals surface area contributed by atoms with E-state index in [1.54, 1.807) is 13.1 Å². The molecule has 0 aliphatic heterocycles. The Morgan fingerprint density at radius 1 is 1.08 bits per heavy atom. The Hall–Kier alpha value is -2.28. The molecule has 0 spiro atoms. The van der Waals surface area contributed by atoms with Gasteiger partial charge in [-0.25, -0.2) is 4.79 Å². The maximum Gasteiger partial charge on any atom is 0.374 e. The lowest BCUT2D eigenvalue weighted by atomic mass is 10.2. The Labute approximate surface area is 149 Å². The van der Waals surface area contributed by atoms with Gasteiger partial charge < -0.3 is 19.0 Å². The van der Waals surface area contributed by atoms with Gasteiger partial charge in [0.05, 0.1) is 0 Å². The number of hydrogen-bond donors (Lipinski definition) is 0. The minimum Gasteiger partial charge on any atom is -0.450 e. The van der Waals surface area contributed by atoms with E-state index in [-0.39, 0.29) is 18.3 Å². The van der Waals surface area contributed by atoms with Crippen molar-refractivity contribution in [3.8, 4) is 0 Å². The molecule has 0 saturated carbocycles. The molecule has 0 saturated heterocycles. The van der Waals surface area contributed by atoms with E-state index in [0.717, 1.165) is 11.3 Å². The van der Waals surface area contributed by atoms with E-state index < -0.39 is 5.97 Å². The van der Waals surface area contributed by atoms with Gasteiger partial charge in [0.1, 0.15) is 0 Å². The number of benzene rings is 1. The minimum absolute atomic E-state index is 0.0524. The van der Waals surface area contributed by atoms with Crippen LogP contribution in [0.25, 0.3) is 0 Å². The molecule has 1 aromatic carbocycles. The third-order valence-corrected chi connectivity index (χ3v) is 3.83. The SMILES string of the molecule is CN(Cc1ccc(N(C)C)cc1)C(=O)COC(=O)c1ccc(Br)o1. The summed E-state index contributed by atoms with van der Waals surface area (Å²) in [5.41, 5.74) is 2.09. The summed E-state index contributed by atoms with van der Waals surface area (Å²) < 4.78 is 10.5. The second kappa shape index (κ2) is 8.01. The van der Waals surface area contributed by atoms with Gasteiger partial charge in [-0.2, -0.15) is 0 Å². The molecule has 0 N–H and O–H groups in total. The van der Waals surface area contributed by atoms with Gasteiger partial charge in [0.2, 0.25) is 5.76 Å². The summed E-state index contributed by atoms with van der Waals surface area (Å²) >= 11 is 3.10. The van der Waals surface area contributed by atoms with Gasteiger partial charge in [-0.05, 0) is 45.8 Å². The summed E-state index contributed by atoms with van der Waals surface area (Å²) in [5.74, 6) is -0.903. The summed E-state index contributed by atoms with van der Waals surface area (Å²) in [4.78, 5) is 27.3. The van der Waals surface area contributed by atoms with Gasteiger partial charge in [0, 0.05) is 33.4 Å². The molecule has 24 heavy (non-hydrogen) atoms. The first-order valence-electron chi connectivity index (χ1n) is 7.29. The largest absolute Gasteiger partial charge is 0.450 e. The molecule has 7 heteroatoms. The maximum atomic E-state index is 12.1. The summed E-state index contributed by atoms with van der Waals surface area (Å²) in [5, 5.41) is 0. The van der Waals surface area contributed by atoms with Crippen LogP contribution in [0.5, 0.6) is 0 Å². The zero-order chi connectivity index (χ0) is 17.7. The third-order valence-electron chi connectivity index (χ3n) is 3.40. The molecule has 2 rings (SSSR count). The van der Waals surface area contributed by atoms with Crippen molar-refractivity contribution >= 4 is 33.5 Å². The van der Waals surface area contributed by atoms with Crippen molar-refractivity contribution in [2.24, 2.45) is 0 Å². The molecule has 128 valence electrons. The molecule has 0 aliphatic carbocycles. The standard InChI is InChI=1S/C17H19BrN2O4/c1-19(2)13-6-4-12(5-7-13)10-20(3)16(21)11-23-17(22)14-8-9-15(18)24-14/h4-9H,10-11H2,1-3H3. The molecule has 0 unspecified atom stereocenters. The van der Waals surface area contributed by atoms with E-state index >= 15 is 0 Å². The van der Waals surface area contributed by atoms with Crippen molar-refractivity contribution in [3.05, 3.63) is 52.4 Å². The number of carbonyl (C=O) groups is 2. The Morgan fingerprint density at radius 3 is 2.29 bits per heavy atom. The first-order valence-corrected chi connectivity index (χ1v) is 8.09. The van der Waals surface area contributed by atoms with Gasteiger partial charge in [-0.3, -0.25) is 4.79 Å². The Morgan fingerprint density at radius 2 is 1.75 bits per heavy atom. The molecular weight excluding hydrogens is 376 g/mol. The van der Waals surface area contributed by atoms with Gasteiger partial charge in [0.25, 0.3) is 5.91 Å². The lowest BCUT2D eigenvalue weighted by Gasteiger charge is -2.18. The molecule has 0 fully saturated rings. The Kier molecular flexibility index (Phi) is 6.03. The van der Waals surface area contributed by atoms with Crippen LogP contribution in [0.4, 0.5) is 5.69 Å². The average molecular weight is 395 g/mol. The summed E-state index contributed by atoms with van der Waals surface area (Å²) in [6.45, 7) is 0.111. The summed E-state index contributed by atoms with van der Waals surface area (Å²) in [7, 11) is 5.60. The van der Waals surface area contributed by atoms with E-state index in [4.69, 9.17) is 9.15 Å². The van der Waals surface area contributed by atoms with Crippen LogP contribution in [0.15, 0.2) is 45.5 Å². The van der Waals surface area contributed by atoms with Crippen molar-refractivity contribution in [2.45, 2.75) is 6.54 Å². The van der Waals surface area contributed by atoms with E-state index in [1.807, 2.05) is 43.3 Å². The number of amides is 1. The number of carbonyl (C=O) groups excluding carboxylic acids is 2. The quantitative estimate of drug-likeness (QED) is 0.704. The smallest absolute Gasteiger partial charge is 0.374 e. The second-order valence-corrected chi connectivity index (χ2v) is 6.27. The fraction of sp³-hybridized carbons (Fsp3) is 0.294. The molecule has 1 heterocycles. The number of furan rings is 1. The molecule has 1 aromatic heterocycles. The number of halogens is 1. The average Bonchev–Trinajstić information content (AvgIpc) is 2.99. The van der Waals surface area contributed by atoms with Crippen molar-refractivity contribution < 1.29 is 18.7 Å². The topological polar surface area (TPSA) is 63.0 Å². The number of ether oxygens (including phenoxy) is 1. The molecular formula is C17H19BrN2O4. The van der Waals surface area contributed by atoms with E-state index in [2.05, 4.69) is 15.9 Å². The van der Waals surface area contributed by atoms with E-state index in [0.29, 0.717) is 11.2 Å².